The van der Waals surface area contributed by atoms with Crippen LogP contribution in [0.1, 0.15) is 17.3 Å². The molecule has 0 aliphatic carbocycles. The van der Waals surface area contributed by atoms with Crippen molar-refractivity contribution in [1.82, 2.24) is 0 Å². The number of hydrogen-bond donors (Lipinski definition) is 1. The van der Waals surface area contributed by atoms with Gasteiger partial charge in [-0.25, -0.2) is 0 Å². The molecule has 76 valence electrons. The molecule has 0 saturated carbocycles. The highest BCUT2D eigenvalue weighted by Crippen LogP contribution is 2.31. The zero-order valence-corrected chi connectivity index (χ0v) is 10.3. The summed E-state index contributed by atoms with van der Waals surface area (Å²) in [5.41, 5.74) is 5.88. The minimum atomic E-state index is -0.161. The first-order valence-electron chi connectivity index (χ1n) is 4.52. The van der Waals surface area contributed by atoms with Gasteiger partial charge in [0.2, 0.25) is 0 Å². The molecule has 2 nitrogen and oxygen atoms in total. The molecule has 4 heteroatoms. The summed E-state index contributed by atoms with van der Waals surface area (Å²) >= 11 is 5.09. The van der Waals surface area contributed by atoms with E-state index >= 15 is 0 Å². The Labute approximate surface area is 100 Å². The highest BCUT2D eigenvalue weighted by molar-refractivity contribution is 9.10. The number of benzene rings is 1. The molecule has 0 fully saturated rings. The Bertz CT molecular complexity index is 527. The van der Waals surface area contributed by atoms with Crippen LogP contribution in [0.2, 0.25) is 0 Å². The molecule has 2 aromatic rings. The Kier molecular flexibility index (Phi) is 3.06. The molecular weight excluding hydrogens is 272 g/mol. The molecule has 0 radical (unpaired) electrons. The van der Waals surface area contributed by atoms with Gasteiger partial charge < -0.3 is 5.73 Å². The van der Waals surface area contributed by atoms with Crippen LogP contribution >= 0.6 is 27.3 Å². The average molecular weight is 281 g/mol. The molecule has 2 N–H and O–H groups in total. The summed E-state index contributed by atoms with van der Waals surface area (Å²) in [4.78, 5) is 1.07. The molecule has 15 heavy (non-hydrogen) atoms. The number of rotatable bonds is 2. The second-order valence-corrected chi connectivity index (χ2v) is 5.33. The zero-order chi connectivity index (χ0) is 10.8. The van der Waals surface area contributed by atoms with Crippen LogP contribution in [0.25, 0.3) is 10.1 Å². The molecule has 1 aromatic heterocycles. The fraction of sp³-hybridized carbons (Fsp3) is 0.182. The fourth-order valence-corrected chi connectivity index (χ4v) is 3.03. The third kappa shape index (κ3) is 2.20. The second kappa shape index (κ2) is 4.31. The molecule has 0 aliphatic rings. The summed E-state index contributed by atoms with van der Waals surface area (Å²) < 4.78 is 2.27. The monoisotopic (exact) mass is 280 g/mol. The Morgan fingerprint density at radius 1 is 1.47 bits per heavy atom. The summed E-state index contributed by atoms with van der Waals surface area (Å²) in [6, 6.07) is 10.1. The smallest absolute Gasteiger partial charge is 0.0642 e. The Hall–Kier alpha value is -0.890. The third-order valence-electron chi connectivity index (χ3n) is 2.18. The second-order valence-electron chi connectivity index (χ2n) is 3.30. The lowest BCUT2D eigenvalue weighted by Gasteiger charge is -2.01. The maximum absolute atomic E-state index is 8.58. The molecule has 0 bridgehead atoms. The first kappa shape index (κ1) is 10.6. The van der Waals surface area contributed by atoms with Gasteiger partial charge in [-0.1, -0.05) is 22.0 Å². The van der Waals surface area contributed by atoms with E-state index in [0.717, 1.165) is 9.35 Å². The third-order valence-corrected chi connectivity index (χ3v) is 3.90. The van der Waals surface area contributed by atoms with Gasteiger partial charge in [-0.2, -0.15) is 5.26 Å². The van der Waals surface area contributed by atoms with Crippen molar-refractivity contribution in [1.29, 1.82) is 5.26 Å². The van der Waals surface area contributed by atoms with Gasteiger partial charge in [0.05, 0.1) is 18.5 Å². The van der Waals surface area contributed by atoms with Crippen LogP contribution in [0.15, 0.2) is 28.7 Å². The SMILES string of the molecule is N#CCC(N)c1cc2ccc(Br)cc2s1. The first-order chi connectivity index (χ1) is 7.20. The van der Waals surface area contributed by atoms with Crippen molar-refractivity contribution < 1.29 is 0 Å². The van der Waals surface area contributed by atoms with Crippen molar-refractivity contribution >= 4 is 37.4 Å². The van der Waals surface area contributed by atoms with E-state index in [0.29, 0.717) is 6.42 Å². The van der Waals surface area contributed by atoms with Gasteiger partial charge in [0.1, 0.15) is 0 Å². The Balaban J connectivity index is 2.43. The number of thiophene rings is 1. The van der Waals surface area contributed by atoms with Crippen LogP contribution in [-0.2, 0) is 0 Å². The van der Waals surface area contributed by atoms with Gasteiger partial charge >= 0.3 is 0 Å². The normalized spacial score (nSPS) is 12.6. The Morgan fingerprint density at radius 2 is 2.27 bits per heavy atom. The van der Waals surface area contributed by atoms with E-state index in [4.69, 9.17) is 11.0 Å². The van der Waals surface area contributed by atoms with E-state index < -0.39 is 0 Å². The van der Waals surface area contributed by atoms with E-state index in [-0.39, 0.29) is 6.04 Å². The van der Waals surface area contributed by atoms with Crippen LogP contribution in [0.4, 0.5) is 0 Å². The van der Waals surface area contributed by atoms with Crippen LogP contribution < -0.4 is 5.73 Å². The number of nitrogens with two attached hydrogens (primary N) is 1. The number of fused-ring (bicyclic) bond motifs is 1. The van der Waals surface area contributed by atoms with Gasteiger partial charge in [0.15, 0.2) is 0 Å². The summed E-state index contributed by atoms with van der Waals surface area (Å²) in [6.07, 6.45) is 0.369. The molecular formula is C11H9BrN2S. The van der Waals surface area contributed by atoms with Crippen LogP contribution in [0, 0.1) is 11.3 Å². The van der Waals surface area contributed by atoms with Gasteiger partial charge in [-0.15, -0.1) is 11.3 Å². The van der Waals surface area contributed by atoms with Gasteiger partial charge in [-0.05, 0) is 23.6 Å². The number of nitrogens with zero attached hydrogens (tertiary/aromatic N) is 1. The topological polar surface area (TPSA) is 49.8 Å². The van der Waals surface area contributed by atoms with Crippen molar-refractivity contribution in [3.8, 4) is 6.07 Å². The molecule has 1 heterocycles. The van der Waals surface area contributed by atoms with Gasteiger partial charge in [0, 0.05) is 14.0 Å². The highest BCUT2D eigenvalue weighted by Gasteiger charge is 2.09. The highest BCUT2D eigenvalue weighted by atomic mass is 79.9. The minimum Gasteiger partial charge on any atom is -0.322 e. The van der Waals surface area contributed by atoms with E-state index in [2.05, 4.69) is 40.2 Å². The number of halogens is 1. The summed E-state index contributed by atoms with van der Waals surface area (Å²) in [5, 5.41) is 9.77. The average Bonchev–Trinajstić information content (AvgIpc) is 2.60. The summed E-state index contributed by atoms with van der Waals surface area (Å²) in [7, 11) is 0. The summed E-state index contributed by atoms with van der Waals surface area (Å²) in [5.74, 6) is 0. The van der Waals surface area contributed by atoms with Crippen molar-refractivity contribution in [2.24, 2.45) is 5.73 Å². The lowest BCUT2D eigenvalue weighted by molar-refractivity contribution is 0.765. The molecule has 0 spiro atoms. The minimum absolute atomic E-state index is 0.161. The largest absolute Gasteiger partial charge is 0.322 e. The van der Waals surface area contributed by atoms with Gasteiger partial charge in [-0.3, -0.25) is 0 Å². The first-order valence-corrected chi connectivity index (χ1v) is 6.13. The lowest BCUT2D eigenvalue weighted by atomic mass is 10.2. The predicted octanol–water partition coefficient (Wildman–Crippen LogP) is 3.58. The van der Waals surface area contributed by atoms with Crippen molar-refractivity contribution in [3.05, 3.63) is 33.6 Å². The molecule has 1 aromatic carbocycles. The van der Waals surface area contributed by atoms with E-state index in [1.165, 1.54) is 10.1 Å². The van der Waals surface area contributed by atoms with Crippen molar-refractivity contribution in [2.45, 2.75) is 12.5 Å². The fourth-order valence-electron chi connectivity index (χ4n) is 1.41. The van der Waals surface area contributed by atoms with E-state index in [1.54, 1.807) is 11.3 Å². The molecule has 0 amide bonds. The lowest BCUT2D eigenvalue weighted by Crippen LogP contribution is -2.06. The molecule has 2 rings (SSSR count). The maximum Gasteiger partial charge on any atom is 0.0642 e. The van der Waals surface area contributed by atoms with E-state index in [9.17, 15) is 0 Å². The zero-order valence-electron chi connectivity index (χ0n) is 7.90. The number of hydrogen-bond acceptors (Lipinski definition) is 3. The van der Waals surface area contributed by atoms with Crippen LogP contribution in [-0.4, -0.2) is 0 Å². The quantitative estimate of drug-likeness (QED) is 0.914. The van der Waals surface area contributed by atoms with E-state index in [1.807, 2.05) is 6.07 Å². The van der Waals surface area contributed by atoms with Crippen molar-refractivity contribution in [2.75, 3.05) is 0 Å². The predicted molar refractivity (Wildman–Crippen MR) is 66.7 cm³/mol. The molecule has 1 atom stereocenters. The van der Waals surface area contributed by atoms with Crippen molar-refractivity contribution in [3.63, 3.8) is 0 Å². The summed E-state index contributed by atoms with van der Waals surface area (Å²) in [6.45, 7) is 0. The molecule has 0 saturated heterocycles. The van der Waals surface area contributed by atoms with Crippen LogP contribution in [0.5, 0.6) is 0 Å². The molecule has 1 unspecified atom stereocenters. The van der Waals surface area contributed by atoms with Crippen LogP contribution in [0.3, 0.4) is 0 Å². The standard InChI is InChI=1S/C11H9BrN2S/c12-8-2-1-7-5-11(9(14)3-4-13)15-10(7)6-8/h1-2,5-6,9H,3,14H2. The maximum atomic E-state index is 8.58. The molecule has 0 aliphatic heterocycles. The Morgan fingerprint density at radius 3 is 3.00 bits per heavy atom. The number of nitriles is 1. The van der Waals surface area contributed by atoms with Gasteiger partial charge in [0.25, 0.3) is 0 Å².